The number of nitrogens with zero attached hydrogens (tertiary/aromatic N) is 2. The van der Waals surface area contributed by atoms with Crippen molar-refractivity contribution in [2.75, 3.05) is 18.8 Å². The molecule has 1 aromatic heterocycles. The van der Waals surface area contributed by atoms with Crippen LogP contribution in [-0.4, -0.2) is 24.4 Å². The standard InChI is InChI=1S/C21H17ClN2O5S/c1-23-20-19(30-21(23)26)14(9-17(25)24(20)13-5-3-4-12(22)8-13)11-6-15(27-2)18-16(7-11)28-10-29-18/h3-8,14H,9-10H2,1-2H3/t14-/m0/s1. The molecule has 0 radical (unpaired) electrons. The second-order valence-corrected chi connectivity index (χ2v) is 8.47. The highest BCUT2D eigenvalue weighted by Crippen LogP contribution is 2.49. The Kier molecular flexibility index (Phi) is 4.48. The van der Waals surface area contributed by atoms with Crippen molar-refractivity contribution in [3.05, 3.63) is 61.5 Å². The summed E-state index contributed by atoms with van der Waals surface area (Å²) < 4.78 is 18.0. The molecule has 5 rings (SSSR count). The van der Waals surface area contributed by atoms with E-state index in [4.69, 9.17) is 25.8 Å². The van der Waals surface area contributed by atoms with Crippen LogP contribution in [0.2, 0.25) is 5.02 Å². The first-order valence-electron chi connectivity index (χ1n) is 9.23. The van der Waals surface area contributed by atoms with Gasteiger partial charge in [0.25, 0.3) is 0 Å². The number of aromatic nitrogens is 1. The summed E-state index contributed by atoms with van der Waals surface area (Å²) in [5.41, 5.74) is 1.46. The Morgan fingerprint density at radius 1 is 1.20 bits per heavy atom. The molecule has 154 valence electrons. The number of thiazole rings is 1. The number of carbonyl (C=O) groups is 1. The summed E-state index contributed by atoms with van der Waals surface area (Å²) in [7, 11) is 3.23. The summed E-state index contributed by atoms with van der Waals surface area (Å²) in [4.78, 5) is 28.1. The van der Waals surface area contributed by atoms with Crippen LogP contribution in [-0.2, 0) is 11.8 Å². The van der Waals surface area contributed by atoms with Gasteiger partial charge in [0, 0.05) is 24.4 Å². The fraction of sp³-hybridized carbons (Fsp3) is 0.238. The van der Waals surface area contributed by atoms with Crippen LogP contribution < -0.4 is 24.0 Å². The molecule has 0 bridgehead atoms. The van der Waals surface area contributed by atoms with E-state index in [1.165, 1.54) is 4.57 Å². The van der Waals surface area contributed by atoms with Gasteiger partial charge in [0.05, 0.1) is 17.7 Å². The number of anilines is 2. The predicted molar refractivity (Wildman–Crippen MR) is 114 cm³/mol. The van der Waals surface area contributed by atoms with Gasteiger partial charge in [-0.3, -0.25) is 19.1 Å². The van der Waals surface area contributed by atoms with Gasteiger partial charge in [0.2, 0.25) is 18.4 Å². The molecule has 0 aliphatic carbocycles. The van der Waals surface area contributed by atoms with Gasteiger partial charge in [-0.2, -0.15) is 0 Å². The van der Waals surface area contributed by atoms with Gasteiger partial charge >= 0.3 is 4.87 Å². The van der Waals surface area contributed by atoms with E-state index >= 15 is 0 Å². The number of carbonyl (C=O) groups excluding carboxylic acids is 1. The van der Waals surface area contributed by atoms with E-state index in [9.17, 15) is 9.59 Å². The van der Waals surface area contributed by atoms with E-state index in [0.29, 0.717) is 33.8 Å². The van der Waals surface area contributed by atoms with Crippen molar-refractivity contribution in [1.82, 2.24) is 4.57 Å². The fourth-order valence-electron chi connectivity index (χ4n) is 3.93. The van der Waals surface area contributed by atoms with Gasteiger partial charge in [-0.25, -0.2) is 0 Å². The Hall–Kier alpha value is -2.97. The Morgan fingerprint density at radius 2 is 2.03 bits per heavy atom. The SMILES string of the molecule is COc1cc([C@@H]2CC(=O)N(c3cccc(Cl)c3)c3c2sc(=O)n3C)cc2c1OCO2. The molecule has 0 spiro atoms. The van der Waals surface area contributed by atoms with Gasteiger partial charge in [-0.05, 0) is 35.9 Å². The summed E-state index contributed by atoms with van der Waals surface area (Å²) >= 11 is 7.29. The maximum Gasteiger partial charge on any atom is 0.308 e. The van der Waals surface area contributed by atoms with Crippen molar-refractivity contribution in [3.8, 4) is 17.2 Å². The van der Waals surface area contributed by atoms with Crippen molar-refractivity contribution in [2.45, 2.75) is 12.3 Å². The number of methoxy groups -OCH3 is 1. The van der Waals surface area contributed by atoms with Crippen molar-refractivity contribution < 1.29 is 19.0 Å². The zero-order chi connectivity index (χ0) is 21.0. The average Bonchev–Trinajstić information content (AvgIpc) is 3.32. The molecule has 0 saturated carbocycles. The highest BCUT2D eigenvalue weighted by Gasteiger charge is 2.38. The van der Waals surface area contributed by atoms with Gasteiger partial charge in [-0.15, -0.1) is 0 Å². The maximum atomic E-state index is 13.3. The minimum Gasteiger partial charge on any atom is -0.493 e. The molecule has 1 amide bonds. The number of fused-ring (bicyclic) bond motifs is 2. The molecule has 1 atom stereocenters. The maximum absolute atomic E-state index is 13.3. The van der Waals surface area contributed by atoms with Crippen LogP contribution >= 0.6 is 22.9 Å². The van der Waals surface area contributed by atoms with Crippen LogP contribution in [0.4, 0.5) is 11.5 Å². The molecule has 0 fully saturated rings. The molecule has 0 saturated heterocycles. The Labute approximate surface area is 181 Å². The second kappa shape index (κ2) is 7.07. The highest BCUT2D eigenvalue weighted by atomic mass is 35.5. The van der Waals surface area contributed by atoms with Gasteiger partial charge in [-0.1, -0.05) is 29.0 Å². The van der Waals surface area contributed by atoms with Gasteiger partial charge < -0.3 is 14.2 Å². The van der Waals surface area contributed by atoms with Gasteiger partial charge in [0.15, 0.2) is 11.5 Å². The molecule has 3 heterocycles. The fourth-order valence-corrected chi connectivity index (χ4v) is 5.20. The summed E-state index contributed by atoms with van der Waals surface area (Å²) in [5.74, 6) is 1.79. The van der Waals surface area contributed by atoms with Crippen LogP contribution in [0.3, 0.4) is 0 Å². The largest absolute Gasteiger partial charge is 0.493 e. The lowest BCUT2D eigenvalue weighted by atomic mass is 9.90. The minimum atomic E-state index is -0.301. The molecule has 3 aromatic rings. The number of rotatable bonds is 3. The summed E-state index contributed by atoms with van der Waals surface area (Å²) in [6.07, 6.45) is 0.197. The predicted octanol–water partition coefficient (Wildman–Crippen LogP) is 4.04. The number of hydrogen-bond donors (Lipinski definition) is 0. The third kappa shape index (κ3) is 2.86. The quantitative estimate of drug-likeness (QED) is 0.609. The average molecular weight is 445 g/mol. The van der Waals surface area contributed by atoms with Crippen molar-refractivity contribution >= 4 is 40.4 Å². The van der Waals surface area contributed by atoms with Crippen molar-refractivity contribution in [1.29, 1.82) is 0 Å². The summed E-state index contributed by atoms with van der Waals surface area (Å²) in [5, 5.41) is 0.518. The van der Waals surface area contributed by atoms with Gasteiger partial charge in [0.1, 0.15) is 5.82 Å². The zero-order valence-corrected chi connectivity index (χ0v) is 17.7. The van der Waals surface area contributed by atoms with Crippen LogP contribution in [0.25, 0.3) is 0 Å². The topological polar surface area (TPSA) is 70.0 Å². The lowest BCUT2D eigenvalue weighted by Crippen LogP contribution is -2.34. The third-order valence-corrected chi connectivity index (χ3v) is 6.69. The number of amides is 1. The van der Waals surface area contributed by atoms with E-state index in [2.05, 4.69) is 0 Å². The van der Waals surface area contributed by atoms with E-state index in [-0.39, 0.29) is 29.9 Å². The first-order valence-corrected chi connectivity index (χ1v) is 10.4. The molecule has 7 nitrogen and oxygen atoms in total. The van der Waals surface area contributed by atoms with E-state index in [1.807, 2.05) is 12.1 Å². The lowest BCUT2D eigenvalue weighted by Gasteiger charge is -2.32. The van der Waals surface area contributed by atoms with Crippen LogP contribution in [0, 0.1) is 0 Å². The Bertz CT molecular complexity index is 1230. The highest BCUT2D eigenvalue weighted by molar-refractivity contribution is 7.10. The normalized spacial score (nSPS) is 17.2. The molecule has 9 heteroatoms. The molecule has 0 N–H and O–H groups in total. The first-order chi connectivity index (χ1) is 14.5. The molecular formula is C21H17ClN2O5S. The second-order valence-electron chi connectivity index (χ2n) is 7.04. The van der Waals surface area contributed by atoms with E-state index < -0.39 is 0 Å². The molecular weight excluding hydrogens is 428 g/mol. The molecule has 2 aromatic carbocycles. The van der Waals surface area contributed by atoms with E-state index in [0.717, 1.165) is 21.8 Å². The Balaban J connectivity index is 1.68. The molecule has 0 unspecified atom stereocenters. The monoisotopic (exact) mass is 444 g/mol. The first kappa shape index (κ1) is 19.0. The lowest BCUT2D eigenvalue weighted by molar-refractivity contribution is -0.118. The number of hydrogen-bond acceptors (Lipinski definition) is 6. The van der Waals surface area contributed by atoms with Crippen LogP contribution in [0.15, 0.2) is 41.2 Å². The van der Waals surface area contributed by atoms with Crippen LogP contribution in [0.5, 0.6) is 17.2 Å². The van der Waals surface area contributed by atoms with E-state index in [1.54, 1.807) is 43.3 Å². The molecule has 30 heavy (non-hydrogen) atoms. The summed E-state index contributed by atoms with van der Waals surface area (Å²) in [6.45, 7) is 0.116. The minimum absolute atomic E-state index is 0.116. The number of halogens is 1. The summed E-state index contributed by atoms with van der Waals surface area (Å²) in [6, 6.07) is 10.7. The molecule has 2 aliphatic rings. The zero-order valence-electron chi connectivity index (χ0n) is 16.2. The number of benzene rings is 2. The van der Waals surface area contributed by atoms with Crippen molar-refractivity contribution in [3.63, 3.8) is 0 Å². The Morgan fingerprint density at radius 3 is 2.80 bits per heavy atom. The van der Waals surface area contributed by atoms with Crippen LogP contribution in [0.1, 0.15) is 22.8 Å². The number of ether oxygens (including phenoxy) is 3. The third-order valence-electron chi connectivity index (χ3n) is 5.32. The van der Waals surface area contributed by atoms with Crippen molar-refractivity contribution in [2.24, 2.45) is 7.05 Å². The molecule has 2 aliphatic heterocycles. The smallest absolute Gasteiger partial charge is 0.308 e.